The minimum absolute atomic E-state index is 0.0738. The van der Waals surface area contributed by atoms with Gasteiger partial charge >= 0.3 is 0 Å². The summed E-state index contributed by atoms with van der Waals surface area (Å²) in [6, 6.07) is 8.07. The molecule has 1 aromatic rings. The van der Waals surface area contributed by atoms with E-state index in [0.717, 1.165) is 30.8 Å². The zero-order chi connectivity index (χ0) is 10.4. The van der Waals surface area contributed by atoms with E-state index in [-0.39, 0.29) is 6.04 Å². The summed E-state index contributed by atoms with van der Waals surface area (Å²) in [6.07, 6.45) is 2.26. The Labute approximate surface area is 86.1 Å². The molecule has 2 N–H and O–H groups in total. The lowest BCUT2D eigenvalue weighted by atomic mass is 10.1. The molecule has 0 saturated carbocycles. The van der Waals surface area contributed by atoms with E-state index in [1.807, 2.05) is 31.2 Å². The van der Waals surface area contributed by atoms with E-state index in [0.29, 0.717) is 0 Å². The van der Waals surface area contributed by atoms with Gasteiger partial charge in [-0.3, -0.25) is 0 Å². The molecule has 14 heavy (non-hydrogen) atoms. The van der Waals surface area contributed by atoms with Gasteiger partial charge in [0.15, 0.2) is 0 Å². The van der Waals surface area contributed by atoms with Gasteiger partial charge in [-0.05, 0) is 31.0 Å². The standard InChI is InChI=1S/C12H19NO/c1-3-4-8-14-12-7-5-6-11(9-12)10(2)13/h5-7,9-10H,3-4,8,13H2,1-2H3/t10-/m0/s1. The van der Waals surface area contributed by atoms with E-state index in [1.54, 1.807) is 0 Å². The fourth-order valence-corrected chi connectivity index (χ4v) is 1.22. The third-order valence-corrected chi connectivity index (χ3v) is 2.15. The van der Waals surface area contributed by atoms with Crippen LogP contribution in [0, 0.1) is 0 Å². The fraction of sp³-hybridized carbons (Fsp3) is 0.500. The topological polar surface area (TPSA) is 35.2 Å². The summed E-state index contributed by atoms with van der Waals surface area (Å²) in [6.45, 7) is 4.92. The van der Waals surface area contributed by atoms with Gasteiger partial charge in [0.05, 0.1) is 6.61 Å². The molecule has 0 saturated heterocycles. The van der Waals surface area contributed by atoms with Gasteiger partial charge in [-0.15, -0.1) is 0 Å². The molecule has 0 spiro atoms. The highest BCUT2D eigenvalue weighted by Crippen LogP contribution is 2.17. The Balaban J connectivity index is 2.55. The number of nitrogens with two attached hydrogens (primary N) is 1. The fourth-order valence-electron chi connectivity index (χ4n) is 1.22. The molecule has 0 heterocycles. The molecule has 0 aliphatic rings. The van der Waals surface area contributed by atoms with Crippen LogP contribution < -0.4 is 10.5 Å². The molecule has 0 aromatic heterocycles. The maximum Gasteiger partial charge on any atom is 0.119 e. The monoisotopic (exact) mass is 193 g/mol. The van der Waals surface area contributed by atoms with Gasteiger partial charge < -0.3 is 10.5 Å². The molecule has 1 aromatic carbocycles. The first-order chi connectivity index (χ1) is 6.74. The van der Waals surface area contributed by atoms with Crippen LogP contribution in [-0.4, -0.2) is 6.61 Å². The zero-order valence-corrected chi connectivity index (χ0v) is 8.99. The molecule has 0 radical (unpaired) electrons. The summed E-state index contributed by atoms with van der Waals surface area (Å²) in [5.74, 6) is 0.924. The minimum Gasteiger partial charge on any atom is -0.494 e. The lowest BCUT2D eigenvalue weighted by molar-refractivity contribution is 0.309. The van der Waals surface area contributed by atoms with Crippen molar-refractivity contribution >= 4 is 0 Å². The van der Waals surface area contributed by atoms with Gasteiger partial charge in [0.2, 0.25) is 0 Å². The second-order valence-corrected chi connectivity index (χ2v) is 3.56. The maximum absolute atomic E-state index is 5.78. The molecule has 2 nitrogen and oxygen atoms in total. The van der Waals surface area contributed by atoms with Crippen LogP contribution in [0.1, 0.15) is 38.3 Å². The quantitative estimate of drug-likeness (QED) is 0.730. The van der Waals surface area contributed by atoms with Gasteiger partial charge in [0.1, 0.15) is 5.75 Å². The highest BCUT2D eigenvalue weighted by atomic mass is 16.5. The predicted octanol–water partition coefficient (Wildman–Crippen LogP) is 2.89. The normalized spacial score (nSPS) is 12.5. The molecule has 1 atom stereocenters. The molecule has 2 heteroatoms. The molecule has 0 aliphatic carbocycles. The molecule has 0 aliphatic heterocycles. The first-order valence-electron chi connectivity index (χ1n) is 5.22. The molecular weight excluding hydrogens is 174 g/mol. The Hall–Kier alpha value is -1.02. The Morgan fingerprint density at radius 3 is 2.86 bits per heavy atom. The first-order valence-corrected chi connectivity index (χ1v) is 5.22. The maximum atomic E-state index is 5.78. The molecule has 0 amide bonds. The van der Waals surface area contributed by atoms with Crippen molar-refractivity contribution in [2.45, 2.75) is 32.7 Å². The first kappa shape index (κ1) is 11.1. The lowest BCUT2D eigenvalue weighted by Gasteiger charge is -2.09. The van der Waals surface area contributed by atoms with Gasteiger partial charge in [0.25, 0.3) is 0 Å². The number of rotatable bonds is 5. The number of unbranched alkanes of at least 4 members (excludes halogenated alkanes) is 1. The van der Waals surface area contributed by atoms with E-state index < -0.39 is 0 Å². The number of benzene rings is 1. The molecule has 0 fully saturated rings. The minimum atomic E-state index is 0.0738. The van der Waals surface area contributed by atoms with Crippen LogP contribution in [0.4, 0.5) is 0 Å². The van der Waals surface area contributed by atoms with Crippen LogP contribution in [-0.2, 0) is 0 Å². The van der Waals surface area contributed by atoms with Gasteiger partial charge in [-0.2, -0.15) is 0 Å². The molecule has 0 bridgehead atoms. The highest BCUT2D eigenvalue weighted by molar-refractivity contribution is 5.30. The molecule has 0 unspecified atom stereocenters. The number of hydrogen-bond donors (Lipinski definition) is 1. The summed E-state index contributed by atoms with van der Waals surface area (Å²) in [4.78, 5) is 0. The Morgan fingerprint density at radius 1 is 1.43 bits per heavy atom. The third kappa shape index (κ3) is 3.38. The van der Waals surface area contributed by atoms with E-state index in [9.17, 15) is 0 Å². The largest absolute Gasteiger partial charge is 0.494 e. The van der Waals surface area contributed by atoms with Crippen LogP contribution in [0.5, 0.6) is 5.75 Å². The predicted molar refractivity (Wildman–Crippen MR) is 59.4 cm³/mol. The van der Waals surface area contributed by atoms with Crippen LogP contribution in [0.15, 0.2) is 24.3 Å². The SMILES string of the molecule is CCCCOc1cccc([C@H](C)N)c1. The zero-order valence-electron chi connectivity index (χ0n) is 8.99. The van der Waals surface area contributed by atoms with Crippen molar-refractivity contribution in [2.24, 2.45) is 5.73 Å². The Morgan fingerprint density at radius 2 is 2.21 bits per heavy atom. The van der Waals surface area contributed by atoms with Crippen molar-refractivity contribution in [3.63, 3.8) is 0 Å². The van der Waals surface area contributed by atoms with E-state index in [1.165, 1.54) is 0 Å². The number of ether oxygens (including phenoxy) is 1. The smallest absolute Gasteiger partial charge is 0.119 e. The average Bonchev–Trinajstić information content (AvgIpc) is 2.19. The summed E-state index contributed by atoms with van der Waals surface area (Å²) in [5, 5.41) is 0. The van der Waals surface area contributed by atoms with Crippen LogP contribution in [0.25, 0.3) is 0 Å². The van der Waals surface area contributed by atoms with Gasteiger partial charge in [0, 0.05) is 6.04 Å². The molecule has 78 valence electrons. The summed E-state index contributed by atoms with van der Waals surface area (Å²) >= 11 is 0. The third-order valence-electron chi connectivity index (χ3n) is 2.15. The molecule has 1 rings (SSSR count). The van der Waals surface area contributed by atoms with Crippen molar-refractivity contribution in [1.29, 1.82) is 0 Å². The van der Waals surface area contributed by atoms with Crippen LogP contribution in [0.3, 0.4) is 0 Å². The van der Waals surface area contributed by atoms with Crippen molar-refractivity contribution in [2.75, 3.05) is 6.61 Å². The summed E-state index contributed by atoms with van der Waals surface area (Å²) < 4.78 is 5.58. The lowest BCUT2D eigenvalue weighted by Crippen LogP contribution is -2.05. The van der Waals surface area contributed by atoms with Crippen molar-refractivity contribution in [3.05, 3.63) is 29.8 Å². The summed E-state index contributed by atoms with van der Waals surface area (Å²) in [5.41, 5.74) is 6.91. The van der Waals surface area contributed by atoms with E-state index in [4.69, 9.17) is 10.5 Å². The van der Waals surface area contributed by atoms with Gasteiger partial charge in [-0.1, -0.05) is 25.5 Å². The number of hydrogen-bond acceptors (Lipinski definition) is 2. The Bertz CT molecular complexity index is 271. The average molecular weight is 193 g/mol. The van der Waals surface area contributed by atoms with Crippen molar-refractivity contribution in [1.82, 2.24) is 0 Å². The summed E-state index contributed by atoms with van der Waals surface area (Å²) in [7, 11) is 0. The second kappa shape index (κ2) is 5.66. The Kier molecular flexibility index (Phi) is 4.47. The van der Waals surface area contributed by atoms with Crippen molar-refractivity contribution < 1.29 is 4.74 Å². The second-order valence-electron chi connectivity index (χ2n) is 3.56. The highest BCUT2D eigenvalue weighted by Gasteiger charge is 2.00. The van der Waals surface area contributed by atoms with E-state index in [2.05, 4.69) is 6.92 Å². The molecular formula is C12H19NO. The van der Waals surface area contributed by atoms with Crippen LogP contribution in [0.2, 0.25) is 0 Å². The van der Waals surface area contributed by atoms with E-state index >= 15 is 0 Å². The van der Waals surface area contributed by atoms with Gasteiger partial charge in [-0.25, -0.2) is 0 Å². The van der Waals surface area contributed by atoms with Crippen molar-refractivity contribution in [3.8, 4) is 5.75 Å². The van der Waals surface area contributed by atoms with Crippen LogP contribution >= 0.6 is 0 Å².